The number of nitrogens with zero attached hydrogens (tertiary/aromatic N) is 2. The first-order chi connectivity index (χ1) is 15.1. The van der Waals surface area contributed by atoms with E-state index in [2.05, 4.69) is 82.4 Å². The van der Waals surface area contributed by atoms with Gasteiger partial charge in [0.1, 0.15) is 4.99 Å². The highest BCUT2D eigenvalue weighted by Gasteiger charge is 2.26. The van der Waals surface area contributed by atoms with Crippen LogP contribution >= 0.6 is 12.2 Å². The number of primary amides is 1. The molecular weight excluding hydrogens is 402 g/mol. The highest BCUT2D eigenvalue weighted by Crippen LogP contribution is 2.28. The van der Waals surface area contributed by atoms with Crippen LogP contribution in [0.1, 0.15) is 24.0 Å². The average Bonchev–Trinajstić information content (AvgIpc) is 3.17. The number of piperidine rings is 1. The molecule has 156 valence electrons. The highest BCUT2D eigenvalue weighted by molar-refractivity contribution is 7.80. The Morgan fingerprint density at radius 2 is 1.61 bits per heavy atom. The van der Waals surface area contributed by atoms with Gasteiger partial charge in [-0.1, -0.05) is 72.9 Å². The third-order valence-corrected chi connectivity index (χ3v) is 6.90. The standard InChI is InChI=1S/C26H25N3OS/c27-25(30)19-12-14-28(15-13-19)26(31)23-17-29(24-11-4-3-10-22(23)24)16-20-8-5-7-18-6-1-2-9-21(18)20/h1-11,17,19H,12-16H2,(H2,27,30). The van der Waals surface area contributed by atoms with Crippen LogP contribution < -0.4 is 5.73 Å². The largest absolute Gasteiger partial charge is 0.369 e. The molecule has 1 saturated heterocycles. The average molecular weight is 428 g/mol. The molecule has 31 heavy (non-hydrogen) atoms. The maximum absolute atomic E-state index is 11.5. The fourth-order valence-corrected chi connectivity index (χ4v) is 5.04. The van der Waals surface area contributed by atoms with Gasteiger partial charge in [-0.05, 0) is 35.2 Å². The minimum Gasteiger partial charge on any atom is -0.369 e. The summed E-state index contributed by atoms with van der Waals surface area (Å²) in [7, 11) is 0. The molecule has 4 aromatic rings. The van der Waals surface area contributed by atoms with Crippen LogP contribution in [-0.2, 0) is 11.3 Å². The molecule has 0 aliphatic carbocycles. The van der Waals surface area contributed by atoms with Crippen molar-refractivity contribution in [3.05, 3.63) is 84.1 Å². The fraction of sp³-hybridized carbons (Fsp3) is 0.231. The number of aromatic nitrogens is 1. The van der Waals surface area contributed by atoms with Crippen molar-refractivity contribution in [3.63, 3.8) is 0 Å². The molecule has 0 bridgehead atoms. The lowest BCUT2D eigenvalue weighted by atomic mass is 9.96. The van der Waals surface area contributed by atoms with E-state index in [1.807, 2.05) is 0 Å². The predicted octanol–water partition coefficient (Wildman–Crippen LogP) is 4.72. The molecule has 1 fully saturated rings. The van der Waals surface area contributed by atoms with Crippen LogP contribution in [0.2, 0.25) is 0 Å². The van der Waals surface area contributed by atoms with E-state index in [0.717, 1.165) is 43.0 Å². The van der Waals surface area contributed by atoms with Crippen molar-refractivity contribution < 1.29 is 4.79 Å². The number of likely N-dealkylation sites (tertiary alicyclic amines) is 1. The van der Waals surface area contributed by atoms with Crippen LogP contribution in [-0.4, -0.2) is 33.5 Å². The Hall–Kier alpha value is -3.18. The van der Waals surface area contributed by atoms with Gasteiger partial charge in [0, 0.05) is 48.2 Å². The number of fused-ring (bicyclic) bond motifs is 2. The summed E-state index contributed by atoms with van der Waals surface area (Å²) in [6.07, 6.45) is 3.73. The molecule has 2 heterocycles. The third-order valence-electron chi connectivity index (χ3n) is 6.42. The number of carbonyl (C=O) groups is 1. The number of carbonyl (C=O) groups excluding carboxylic acids is 1. The number of hydrogen-bond acceptors (Lipinski definition) is 2. The van der Waals surface area contributed by atoms with Gasteiger partial charge in [0.15, 0.2) is 0 Å². The number of thiocarbonyl (C=S) groups is 1. The molecule has 5 heteroatoms. The molecule has 1 amide bonds. The Morgan fingerprint density at radius 1 is 0.935 bits per heavy atom. The zero-order chi connectivity index (χ0) is 21.4. The Balaban J connectivity index is 1.49. The summed E-state index contributed by atoms with van der Waals surface area (Å²) in [6.45, 7) is 2.33. The van der Waals surface area contributed by atoms with Gasteiger partial charge in [-0.25, -0.2) is 0 Å². The first-order valence-corrected chi connectivity index (χ1v) is 11.2. The zero-order valence-corrected chi connectivity index (χ0v) is 18.1. The number of rotatable bonds is 4. The van der Waals surface area contributed by atoms with Gasteiger partial charge in [0.05, 0.1) is 0 Å². The molecule has 0 spiro atoms. The first kappa shape index (κ1) is 19.8. The molecule has 0 radical (unpaired) electrons. The van der Waals surface area contributed by atoms with Crippen molar-refractivity contribution in [3.8, 4) is 0 Å². The van der Waals surface area contributed by atoms with Crippen LogP contribution in [0.4, 0.5) is 0 Å². The van der Waals surface area contributed by atoms with E-state index in [9.17, 15) is 4.79 Å². The van der Waals surface area contributed by atoms with E-state index in [0.29, 0.717) is 0 Å². The van der Waals surface area contributed by atoms with Gasteiger partial charge in [-0.3, -0.25) is 4.79 Å². The van der Waals surface area contributed by atoms with E-state index in [1.165, 1.54) is 27.2 Å². The summed E-state index contributed by atoms with van der Waals surface area (Å²) in [4.78, 5) is 14.6. The van der Waals surface area contributed by atoms with Gasteiger partial charge in [-0.15, -0.1) is 0 Å². The minimum atomic E-state index is -0.197. The highest BCUT2D eigenvalue weighted by atomic mass is 32.1. The van der Waals surface area contributed by atoms with Crippen LogP contribution in [0.25, 0.3) is 21.7 Å². The fourth-order valence-electron chi connectivity index (χ4n) is 4.70. The molecule has 0 unspecified atom stereocenters. The molecule has 1 aliphatic heterocycles. The van der Waals surface area contributed by atoms with Crippen molar-refractivity contribution in [1.29, 1.82) is 0 Å². The Morgan fingerprint density at radius 3 is 2.39 bits per heavy atom. The molecule has 0 saturated carbocycles. The number of benzene rings is 3. The quantitative estimate of drug-likeness (QED) is 0.480. The van der Waals surface area contributed by atoms with E-state index in [1.54, 1.807) is 0 Å². The summed E-state index contributed by atoms with van der Waals surface area (Å²) in [6, 6.07) is 23.4. The summed E-state index contributed by atoms with van der Waals surface area (Å²) in [5, 5.41) is 3.70. The topological polar surface area (TPSA) is 51.3 Å². The van der Waals surface area contributed by atoms with E-state index in [-0.39, 0.29) is 11.8 Å². The summed E-state index contributed by atoms with van der Waals surface area (Å²) in [5.41, 5.74) is 9.05. The molecule has 0 atom stereocenters. The van der Waals surface area contributed by atoms with Crippen molar-refractivity contribution in [2.45, 2.75) is 19.4 Å². The monoisotopic (exact) mass is 427 g/mol. The molecule has 3 aromatic carbocycles. The number of para-hydroxylation sites is 1. The van der Waals surface area contributed by atoms with Gasteiger partial charge in [0.25, 0.3) is 0 Å². The van der Waals surface area contributed by atoms with Crippen LogP contribution in [0.3, 0.4) is 0 Å². The van der Waals surface area contributed by atoms with E-state index < -0.39 is 0 Å². The smallest absolute Gasteiger partial charge is 0.220 e. The predicted molar refractivity (Wildman–Crippen MR) is 130 cm³/mol. The van der Waals surface area contributed by atoms with Crippen molar-refractivity contribution >= 4 is 44.8 Å². The number of hydrogen-bond donors (Lipinski definition) is 1. The normalized spacial score (nSPS) is 14.9. The molecule has 1 aliphatic rings. The maximum Gasteiger partial charge on any atom is 0.220 e. The van der Waals surface area contributed by atoms with Gasteiger partial charge >= 0.3 is 0 Å². The van der Waals surface area contributed by atoms with Crippen LogP contribution in [0, 0.1) is 5.92 Å². The van der Waals surface area contributed by atoms with Gasteiger partial charge < -0.3 is 15.2 Å². The van der Waals surface area contributed by atoms with E-state index >= 15 is 0 Å². The Bertz CT molecular complexity index is 1280. The molecular formula is C26H25N3OS. The van der Waals surface area contributed by atoms with Crippen molar-refractivity contribution in [1.82, 2.24) is 9.47 Å². The maximum atomic E-state index is 11.5. The third kappa shape index (κ3) is 3.70. The van der Waals surface area contributed by atoms with Crippen LogP contribution in [0.5, 0.6) is 0 Å². The molecule has 2 N–H and O–H groups in total. The van der Waals surface area contributed by atoms with Gasteiger partial charge in [0.2, 0.25) is 5.91 Å². The summed E-state index contributed by atoms with van der Waals surface area (Å²) >= 11 is 5.92. The Labute approximate surface area is 187 Å². The van der Waals surface area contributed by atoms with Crippen molar-refractivity contribution in [2.24, 2.45) is 11.7 Å². The lowest BCUT2D eigenvalue weighted by Gasteiger charge is -2.32. The number of amides is 1. The SMILES string of the molecule is NC(=O)C1CCN(C(=S)c2cn(Cc3cccc4ccccc34)c3ccccc23)CC1. The molecule has 4 nitrogen and oxygen atoms in total. The van der Waals surface area contributed by atoms with Gasteiger partial charge in [-0.2, -0.15) is 0 Å². The lowest BCUT2D eigenvalue weighted by Crippen LogP contribution is -2.41. The molecule has 5 rings (SSSR count). The second-order valence-electron chi connectivity index (χ2n) is 8.29. The lowest BCUT2D eigenvalue weighted by molar-refractivity contribution is -0.122. The second kappa shape index (κ2) is 8.16. The second-order valence-corrected chi connectivity index (χ2v) is 8.68. The van der Waals surface area contributed by atoms with E-state index in [4.69, 9.17) is 18.0 Å². The Kier molecular flexibility index (Phi) is 5.20. The van der Waals surface area contributed by atoms with Crippen molar-refractivity contribution in [2.75, 3.05) is 13.1 Å². The van der Waals surface area contributed by atoms with Crippen LogP contribution in [0.15, 0.2) is 72.9 Å². The minimum absolute atomic E-state index is 0.0354. The summed E-state index contributed by atoms with van der Waals surface area (Å²) in [5.74, 6) is -0.232. The first-order valence-electron chi connectivity index (χ1n) is 10.7. The summed E-state index contributed by atoms with van der Waals surface area (Å²) < 4.78 is 2.30. The number of nitrogens with two attached hydrogens (primary N) is 1. The molecule has 1 aromatic heterocycles. The zero-order valence-electron chi connectivity index (χ0n) is 17.3.